The lowest BCUT2D eigenvalue weighted by molar-refractivity contribution is 0.0963. The summed E-state index contributed by atoms with van der Waals surface area (Å²) in [5.74, 6) is 1.47. The summed E-state index contributed by atoms with van der Waals surface area (Å²) in [6.45, 7) is 6.82. The highest BCUT2D eigenvalue weighted by Gasteiger charge is 2.25. The van der Waals surface area contributed by atoms with Crippen molar-refractivity contribution in [3.63, 3.8) is 0 Å². The second-order valence-corrected chi connectivity index (χ2v) is 7.49. The molecule has 1 aromatic rings. The molecular weight excluding hydrogens is 354 g/mol. The molecule has 1 atom stereocenters. The van der Waals surface area contributed by atoms with Crippen molar-refractivity contribution >= 4 is 17.7 Å². The minimum absolute atomic E-state index is 0.201. The summed E-state index contributed by atoms with van der Waals surface area (Å²) >= 11 is 0. The number of likely N-dealkylation sites (tertiary alicyclic amines) is 1. The van der Waals surface area contributed by atoms with Gasteiger partial charge in [0, 0.05) is 51.5 Å². The molecule has 0 spiro atoms. The smallest absolute Gasteiger partial charge is 0.409 e. The van der Waals surface area contributed by atoms with Crippen LogP contribution in [0.3, 0.4) is 0 Å². The zero-order valence-electron chi connectivity index (χ0n) is 17.1. The van der Waals surface area contributed by atoms with Gasteiger partial charge in [-0.05, 0) is 44.2 Å². The standard InChI is InChI=1S/C21H33N5O2/c1-3-28-21(27)25-13-10-18(11-14-25)24-20(22-2)23-15-17-9-12-26(16-17)19-7-5-4-6-8-19/h4-8,17-18H,3,9-16H2,1-2H3,(H2,22,23,24). The Bertz CT molecular complexity index is 643. The zero-order valence-corrected chi connectivity index (χ0v) is 17.1. The topological polar surface area (TPSA) is 69.2 Å². The van der Waals surface area contributed by atoms with E-state index in [9.17, 15) is 4.79 Å². The number of hydrogen-bond acceptors (Lipinski definition) is 4. The number of carbonyl (C=O) groups excluding carboxylic acids is 1. The van der Waals surface area contributed by atoms with E-state index >= 15 is 0 Å². The van der Waals surface area contributed by atoms with Crippen molar-refractivity contribution in [2.75, 3.05) is 51.3 Å². The molecule has 0 saturated carbocycles. The number of carbonyl (C=O) groups is 1. The Morgan fingerprint density at radius 3 is 2.61 bits per heavy atom. The molecule has 0 radical (unpaired) electrons. The van der Waals surface area contributed by atoms with Gasteiger partial charge in [-0.15, -0.1) is 0 Å². The molecular formula is C21H33N5O2. The fraction of sp³-hybridized carbons (Fsp3) is 0.619. The first-order valence-electron chi connectivity index (χ1n) is 10.4. The number of aliphatic imine (C=N–C) groups is 1. The summed E-state index contributed by atoms with van der Waals surface area (Å²) in [7, 11) is 1.81. The molecule has 0 aromatic heterocycles. The average Bonchev–Trinajstić information content (AvgIpc) is 3.21. The minimum atomic E-state index is -0.201. The van der Waals surface area contributed by atoms with Crippen LogP contribution in [-0.2, 0) is 4.74 Å². The number of para-hydroxylation sites is 1. The van der Waals surface area contributed by atoms with Crippen molar-refractivity contribution in [3.05, 3.63) is 30.3 Å². The second kappa shape index (κ2) is 10.2. The summed E-state index contributed by atoms with van der Waals surface area (Å²) < 4.78 is 5.08. The average molecular weight is 388 g/mol. The van der Waals surface area contributed by atoms with E-state index in [-0.39, 0.29) is 6.09 Å². The molecule has 2 N–H and O–H groups in total. The van der Waals surface area contributed by atoms with Gasteiger partial charge < -0.3 is 25.2 Å². The molecule has 7 nitrogen and oxygen atoms in total. The van der Waals surface area contributed by atoms with Crippen molar-refractivity contribution < 1.29 is 9.53 Å². The third-order valence-corrected chi connectivity index (χ3v) is 5.55. The maximum absolute atomic E-state index is 11.8. The largest absolute Gasteiger partial charge is 0.450 e. The van der Waals surface area contributed by atoms with E-state index in [1.165, 1.54) is 12.1 Å². The minimum Gasteiger partial charge on any atom is -0.450 e. The van der Waals surface area contributed by atoms with E-state index in [1.807, 2.05) is 14.0 Å². The third kappa shape index (κ3) is 5.53. The van der Waals surface area contributed by atoms with Crippen molar-refractivity contribution in [2.45, 2.75) is 32.2 Å². The molecule has 2 aliphatic heterocycles. The molecule has 154 valence electrons. The lowest BCUT2D eigenvalue weighted by atomic mass is 10.1. The number of anilines is 1. The second-order valence-electron chi connectivity index (χ2n) is 7.49. The van der Waals surface area contributed by atoms with Gasteiger partial charge in [0.1, 0.15) is 0 Å². The fourth-order valence-corrected chi connectivity index (χ4v) is 3.92. The third-order valence-electron chi connectivity index (χ3n) is 5.55. The molecule has 28 heavy (non-hydrogen) atoms. The molecule has 0 bridgehead atoms. The van der Waals surface area contributed by atoms with E-state index in [0.29, 0.717) is 18.6 Å². The molecule has 1 aromatic carbocycles. The monoisotopic (exact) mass is 387 g/mol. The molecule has 7 heteroatoms. The zero-order chi connectivity index (χ0) is 19.8. The molecule has 2 saturated heterocycles. The molecule has 2 aliphatic rings. The first-order valence-corrected chi connectivity index (χ1v) is 10.4. The Balaban J connectivity index is 1.38. The maximum atomic E-state index is 11.8. The first kappa shape index (κ1) is 20.3. The van der Waals surface area contributed by atoms with Gasteiger partial charge >= 0.3 is 6.09 Å². The van der Waals surface area contributed by atoms with E-state index in [0.717, 1.165) is 51.5 Å². The Kier molecular flexibility index (Phi) is 7.39. The van der Waals surface area contributed by atoms with Crippen LogP contribution in [0.5, 0.6) is 0 Å². The normalized spacial score (nSPS) is 20.9. The summed E-state index contributed by atoms with van der Waals surface area (Å²) in [6.07, 6.45) is 2.80. The lowest BCUT2D eigenvalue weighted by Crippen LogP contribution is -2.50. The number of ether oxygens (including phenoxy) is 1. The van der Waals surface area contributed by atoms with Crippen LogP contribution in [0.15, 0.2) is 35.3 Å². The van der Waals surface area contributed by atoms with Crippen LogP contribution in [-0.4, -0.2) is 69.4 Å². The molecule has 2 heterocycles. The molecule has 1 amide bonds. The quantitative estimate of drug-likeness (QED) is 0.599. The molecule has 0 aliphatic carbocycles. The Hall–Kier alpha value is -2.44. The lowest BCUT2D eigenvalue weighted by Gasteiger charge is -2.32. The van der Waals surface area contributed by atoms with Crippen LogP contribution in [0.1, 0.15) is 26.2 Å². The highest BCUT2D eigenvalue weighted by atomic mass is 16.6. The fourth-order valence-electron chi connectivity index (χ4n) is 3.92. The first-order chi connectivity index (χ1) is 13.7. The van der Waals surface area contributed by atoms with E-state index in [2.05, 4.69) is 50.9 Å². The van der Waals surface area contributed by atoms with Gasteiger partial charge in [0.15, 0.2) is 5.96 Å². The van der Waals surface area contributed by atoms with Crippen LogP contribution in [0.2, 0.25) is 0 Å². The number of guanidine groups is 1. The molecule has 3 rings (SSSR count). The summed E-state index contributed by atoms with van der Waals surface area (Å²) in [6, 6.07) is 10.9. The number of rotatable bonds is 5. The van der Waals surface area contributed by atoms with E-state index in [1.54, 1.807) is 4.90 Å². The SMILES string of the molecule is CCOC(=O)N1CCC(NC(=NC)NCC2CCN(c3ccccc3)C2)CC1. The van der Waals surface area contributed by atoms with Crippen LogP contribution in [0.4, 0.5) is 10.5 Å². The van der Waals surface area contributed by atoms with Crippen LogP contribution >= 0.6 is 0 Å². The Labute approximate surface area is 168 Å². The van der Waals surface area contributed by atoms with Gasteiger partial charge in [0.05, 0.1) is 6.61 Å². The number of nitrogens with one attached hydrogen (secondary N) is 2. The van der Waals surface area contributed by atoms with E-state index < -0.39 is 0 Å². The van der Waals surface area contributed by atoms with Crippen molar-refractivity contribution in [3.8, 4) is 0 Å². The Morgan fingerprint density at radius 1 is 1.18 bits per heavy atom. The van der Waals surface area contributed by atoms with Gasteiger partial charge in [0.2, 0.25) is 0 Å². The number of piperidine rings is 1. The maximum Gasteiger partial charge on any atom is 0.409 e. The van der Waals surface area contributed by atoms with Crippen molar-refractivity contribution in [1.29, 1.82) is 0 Å². The molecule has 1 unspecified atom stereocenters. The Morgan fingerprint density at radius 2 is 1.93 bits per heavy atom. The highest BCUT2D eigenvalue weighted by Crippen LogP contribution is 2.23. The molecule has 2 fully saturated rings. The van der Waals surface area contributed by atoms with Crippen molar-refractivity contribution in [1.82, 2.24) is 15.5 Å². The van der Waals surface area contributed by atoms with Gasteiger partial charge in [-0.2, -0.15) is 0 Å². The number of benzene rings is 1. The number of amides is 1. The predicted octanol–water partition coefficient (Wildman–Crippen LogP) is 2.30. The van der Waals surface area contributed by atoms with Crippen LogP contribution < -0.4 is 15.5 Å². The van der Waals surface area contributed by atoms with Gasteiger partial charge in [-0.25, -0.2) is 4.79 Å². The van der Waals surface area contributed by atoms with Gasteiger partial charge in [-0.3, -0.25) is 4.99 Å². The summed E-state index contributed by atoms with van der Waals surface area (Å²) in [5, 5.41) is 7.00. The van der Waals surface area contributed by atoms with Gasteiger partial charge in [-0.1, -0.05) is 18.2 Å². The van der Waals surface area contributed by atoms with Gasteiger partial charge in [0.25, 0.3) is 0 Å². The number of hydrogen-bond donors (Lipinski definition) is 2. The van der Waals surface area contributed by atoms with Crippen molar-refractivity contribution in [2.24, 2.45) is 10.9 Å². The summed E-state index contributed by atoms with van der Waals surface area (Å²) in [5.41, 5.74) is 1.31. The summed E-state index contributed by atoms with van der Waals surface area (Å²) in [4.78, 5) is 20.4. The highest BCUT2D eigenvalue weighted by molar-refractivity contribution is 5.80. The van der Waals surface area contributed by atoms with E-state index in [4.69, 9.17) is 4.74 Å². The van der Waals surface area contributed by atoms with Crippen LogP contribution in [0, 0.1) is 5.92 Å². The van der Waals surface area contributed by atoms with Crippen LogP contribution in [0.25, 0.3) is 0 Å². The number of nitrogens with zero attached hydrogens (tertiary/aromatic N) is 3. The predicted molar refractivity (Wildman–Crippen MR) is 113 cm³/mol.